The summed E-state index contributed by atoms with van der Waals surface area (Å²) in [5, 5.41) is 14.0. The number of nitrogens with two attached hydrogens (primary N) is 1. The number of carboxylic acids is 1. The van der Waals surface area contributed by atoms with Crippen molar-refractivity contribution < 1.29 is 24.3 Å². The second kappa shape index (κ2) is 9.36. The van der Waals surface area contributed by atoms with E-state index in [-0.39, 0.29) is 18.4 Å². The standard InChI is InChI=1S/C16H28N4O5/c1-9(2)7-11(16(24)25)19-13(21)8-18-14(22)12-5-4-6-20(12)15(23)10(3)17/h9-12H,4-8,17H2,1-3H3,(H,18,22)(H,19,21)(H,24,25)/t10-,11-,12-/m0/s1. The van der Waals surface area contributed by atoms with Crippen molar-refractivity contribution in [2.75, 3.05) is 13.1 Å². The largest absolute Gasteiger partial charge is 0.480 e. The second-order valence-electron chi connectivity index (χ2n) is 6.78. The summed E-state index contributed by atoms with van der Waals surface area (Å²) in [4.78, 5) is 48.7. The van der Waals surface area contributed by atoms with E-state index in [0.717, 1.165) is 0 Å². The SMILES string of the molecule is CC(C)C[C@H](NC(=O)CNC(=O)[C@@H]1CCCN1C(=O)[C@H](C)N)C(=O)O. The van der Waals surface area contributed by atoms with Crippen LogP contribution in [0.5, 0.6) is 0 Å². The van der Waals surface area contributed by atoms with Crippen molar-refractivity contribution in [3.63, 3.8) is 0 Å². The molecule has 0 unspecified atom stereocenters. The van der Waals surface area contributed by atoms with Crippen molar-refractivity contribution in [3.8, 4) is 0 Å². The van der Waals surface area contributed by atoms with Gasteiger partial charge in [0.05, 0.1) is 12.6 Å². The Hall–Kier alpha value is -2.16. The number of carbonyl (C=O) groups is 4. The van der Waals surface area contributed by atoms with E-state index in [2.05, 4.69) is 10.6 Å². The van der Waals surface area contributed by atoms with Crippen LogP contribution in [0.15, 0.2) is 0 Å². The lowest BCUT2D eigenvalue weighted by molar-refractivity contribution is -0.142. The predicted octanol–water partition coefficient (Wildman–Crippen LogP) is -0.944. The smallest absolute Gasteiger partial charge is 0.326 e. The summed E-state index contributed by atoms with van der Waals surface area (Å²) in [5.74, 6) is -2.32. The van der Waals surface area contributed by atoms with Gasteiger partial charge < -0.3 is 26.4 Å². The lowest BCUT2D eigenvalue weighted by Crippen LogP contribution is -2.52. The van der Waals surface area contributed by atoms with Gasteiger partial charge in [0.15, 0.2) is 0 Å². The molecule has 0 aromatic rings. The van der Waals surface area contributed by atoms with Gasteiger partial charge in [-0.05, 0) is 32.1 Å². The highest BCUT2D eigenvalue weighted by atomic mass is 16.4. The van der Waals surface area contributed by atoms with E-state index < -0.39 is 35.9 Å². The summed E-state index contributed by atoms with van der Waals surface area (Å²) >= 11 is 0. The van der Waals surface area contributed by atoms with Crippen LogP contribution in [0, 0.1) is 5.92 Å². The van der Waals surface area contributed by atoms with Crippen LogP contribution in [0.25, 0.3) is 0 Å². The Balaban J connectivity index is 2.53. The molecule has 1 rings (SSSR count). The Kier molecular flexibility index (Phi) is 7.82. The Bertz CT molecular complexity index is 521. The highest BCUT2D eigenvalue weighted by Crippen LogP contribution is 2.18. The van der Waals surface area contributed by atoms with E-state index in [0.29, 0.717) is 25.8 Å². The number of nitrogens with zero attached hydrogens (tertiary/aromatic N) is 1. The first-order valence-corrected chi connectivity index (χ1v) is 8.49. The van der Waals surface area contributed by atoms with E-state index in [1.165, 1.54) is 4.90 Å². The van der Waals surface area contributed by atoms with Crippen LogP contribution in [0.4, 0.5) is 0 Å². The minimum Gasteiger partial charge on any atom is -0.480 e. The Morgan fingerprint density at radius 1 is 1.24 bits per heavy atom. The summed E-state index contributed by atoms with van der Waals surface area (Å²) in [6.45, 7) is 5.39. The molecule has 0 radical (unpaired) electrons. The highest BCUT2D eigenvalue weighted by Gasteiger charge is 2.35. The number of amides is 3. The number of hydrogen-bond acceptors (Lipinski definition) is 5. The van der Waals surface area contributed by atoms with Gasteiger partial charge in [0.25, 0.3) is 0 Å². The Labute approximate surface area is 147 Å². The molecule has 0 spiro atoms. The first kappa shape index (κ1) is 20.9. The normalized spacial score (nSPS) is 19.4. The number of carbonyl (C=O) groups excluding carboxylic acids is 3. The molecule has 3 amide bonds. The molecule has 0 aliphatic carbocycles. The van der Waals surface area contributed by atoms with Gasteiger partial charge in [0, 0.05) is 6.54 Å². The quantitative estimate of drug-likeness (QED) is 0.442. The molecule has 1 fully saturated rings. The van der Waals surface area contributed by atoms with Crippen LogP contribution in [0.3, 0.4) is 0 Å². The number of carboxylic acid groups (broad SMARTS) is 1. The fourth-order valence-electron chi connectivity index (χ4n) is 2.79. The van der Waals surface area contributed by atoms with Crippen LogP contribution < -0.4 is 16.4 Å². The van der Waals surface area contributed by atoms with E-state index in [1.54, 1.807) is 6.92 Å². The third-order valence-corrected chi connectivity index (χ3v) is 3.99. The van der Waals surface area contributed by atoms with Gasteiger partial charge in [-0.25, -0.2) is 4.79 Å². The third kappa shape index (κ3) is 6.33. The van der Waals surface area contributed by atoms with Crippen molar-refractivity contribution in [2.45, 2.75) is 58.2 Å². The molecule has 0 aromatic heterocycles. The molecule has 3 atom stereocenters. The lowest BCUT2D eigenvalue weighted by atomic mass is 10.0. The van der Waals surface area contributed by atoms with Crippen molar-refractivity contribution in [1.82, 2.24) is 15.5 Å². The maximum Gasteiger partial charge on any atom is 0.326 e. The van der Waals surface area contributed by atoms with Crippen LogP contribution in [0.2, 0.25) is 0 Å². The lowest BCUT2D eigenvalue weighted by Gasteiger charge is -2.25. The zero-order chi connectivity index (χ0) is 19.1. The fourth-order valence-corrected chi connectivity index (χ4v) is 2.79. The average molecular weight is 356 g/mol. The van der Waals surface area contributed by atoms with Crippen molar-refractivity contribution >= 4 is 23.7 Å². The van der Waals surface area contributed by atoms with Gasteiger partial charge in [-0.2, -0.15) is 0 Å². The summed E-state index contributed by atoms with van der Waals surface area (Å²) in [5.41, 5.74) is 5.58. The first-order chi connectivity index (χ1) is 11.6. The number of likely N-dealkylation sites (tertiary alicyclic amines) is 1. The van der Waals surface area contributed by atoms with E-state index in [1.807, 2.05) is 13.8 Å². The van der Waals surface area contributed by atoms with Gasteiger partial charge in [-0.15, -0.1) is 0 Å². The predicted molar refractivity (Wildman–Crippen MR) is 90.4 cm³/mol. The first-order valence-electron chi connectivity index (χ1n) is 8.49. The third-order valence-electron chi connectivity index (χ3n) is 3.99. The fraction of sp³-hybridized carbons (Fsp3) is 0.750. The molecule has 142 valence electrons. The van der Waals surface area contributed by atoms with Gasteiger partial charge in [0.1, 0.15) is 12.1 Å². The number of aliphatic carboxylic acids is 1. The summed E-state index contributed by atoms with van der Waals surface area (Å²) in [6, 6.07) is -2.33. The summed E-state index contributed by atoms with van der Waals surface area (Å²) in [7, 11) is 0. The minimum atomic E-state index is -1.11. The van der Waals surface area contributed by atoms with E-state index in [4.69, 9.17) is 10.8 Å². The van der Waals surface area contributed by atoms with Crippen LogP contribution >= 0.6 is 0 Å². The molecule has 1 heterocycles. The molecule has 0 bridgehead atoms. The van der Waals surface area contributed by atoms with Crippen molar-refractivity contribution in [3.05, 3.63) is 0 Å². The van der Waals surface area contributed by atoms with Gasteiger partial charge in [-0.1, -0.05) is 13.8 Å². The molecule has 0 aromatic carbocycles. The minimum absolute atomic E-state index is 0.104. The Morgan fingerprint density at radius 3 is 2.40 bits per heavy atom. The van der Waals surface area contributed by atoms with Crippen LogP contribution in [-0.2, 0) is 19.2 Å². The maximum atomic E-state index is 12.2. The summed E-state index contributed by atoms with van der Waals surface area (Å²) < 4.78 is 0. The van der Waals surface area contributed by atoms with Gasteiger partial charge >= 0.3 is 5.97 Å². The molecule has 1 aliphatic rings. The zero-order valence-corrected chi connectivity index (χ0v) is 14.9. The van der Waals surface area contributed by atoms with Crippen LogP contribution in [0.1, 0.15) is 40.0 Å². The molecule has 1 saturated heterocycles. The Morgan fingerprint density at radius 2 is 1.88 bits per heavy atom. The monoisotopic (exact) mass is 356 g/mol. The molecule has 0 saturated carbocycles. The van der Waals surface area contributed by atoms with Crippen LogP contribution in [-0.4, -0.2) is 64.9 Å². The molecule has 25 heavy (non-hydrogen) atoms. The average Bonchev–Trinajstić information content (AvgIpc) is 2.99. The molecular formula is C16H28N4O5. The topological polar surface area (TPSA) is 142 Å². The van der Waals surface area contributed by atoms with Gasteiger partial charge in [-0.3, -0.25) is 14.4 Å². The second-order valence-corrected chi connectivity index (χ2v) is 6.78. The number of hydrogen-bond donors (Lipinski definition) is 4. The van der Waals surface area contributed by atoms with Crippen molar-refractivity contribution in [2.24, 2.45) is 11.7 Å². The molecule has 1 aliphatic heterocycles. The number of nitrogens with one attached hydrogen (secondary N) is 2. The van der Waals surface area contributed by atoms with E-state index in [9.17, 15) is 19.2 Å². The maximum absolute atomic E-state index is 12.2. The molecule has 9 heteroatoms. The van der Waals surface area contributed by atoms with E-state index >= 15 is 0 Å². The van der Waals surface area contributed by atoms with Crippen molar-refractivity contribution in [1.29, 1.82) is 0 Å². The molecule has 9 nitrogen and oxygen atoms in total. The zero-order valence-electron chi connectivity index (χ0n) is 14.9. The van der Waals surface area contributed by atoms with Gasteiger partial charge in [0.2, 0.25) is 17.7 Å². The number of rotatable bonds is 8. The molecule has 5 N–H and O–H groups in total. The summed E-state index contributed by atoms with van der Waals surface area (Å²) in [6.07, 6.45) is 1.50. The molecular weight excluding hydrogens is 328 g/mol. The highest BCUT2D eigenvalue weighted by molar-refractivity contribution is 5.92.